The first-order chi connectivity index (χ1) is 12.7. The molecule has 0 saturated heterocycles. The lowest BCUT2D eigenvalue weighted by molar-refractivity contribution is 0.378. The van der Waals surface area contributed by atoms with Crippen molar-refractivity contribution in [3.8, 4) is 11.5 Å². The van der Waals surface area contributed by atoms with Gasteiger partial charge in [-0.25, -0.2) is 0 Å². The summed E-state index contributed by atoms with van der Waals surface area (Å²) in [5, 5.41) is 7.94. The highest BCUT2D eigenvalue weighted by molar-refractivity contribution is 7.07. The van der Waals surface area contributed by atoms with E-state index in [0.29, 0.717) is 6.54 Å². The van der Waals surface area contributed by atoms with Crippen LogP contribution in [0.1, 0.15) is 28.4 Å². The van der Waals surface area contributed by atoms with Crippen molar-refractivity contribution >= 4 is 11.3 Å². The lowest BCUT2D eigenvalue weighted by Crippen LogP contribution is -2.24. The fraction of sp³-hybridized carbons (Fsp3) is 0.286. The average molecular weight is 369 g/mol. The first kappa shape index (κ1) is 18.4. The van der Waals surface area contributed by atoms with Gasteiger partial charge in [-0.3, -0.25) is 4.98 Å². The van der Waals surface area contributed by atoms with Crippen LogP contribution in [0.2, 0.25) is 0 Å². The maximum Gasteiger partial charge on any atom is 0.127 e. The molecule has 3 aromatic rings. The Bertz CT molecular complexity index is 794. The molecular formula is C21H24N2O2S. The van der Waals surface area contributed by atoms with Crippen LogP contribution in [0.15, 0.2) is 53.4 Å². The second-order valence-electron chi connectivity index (χ2n) is 6.17. The van der Waals surface area contributed by atoms with Crippen molar-refractivity contribution in [2.75, 3.05) is 14.2 Å². The molecule has 0 saturated carbocycles. The van der Waals surface area contributed by atoms with E-state index in [1.807, 2.05) is 24.4 Å². The zero-order valence-electron chi connectivity index (χ0n) is 15.4. The fourth-order valence-corrected chi connectivity index (χ4v) is 3.62. The van der Waals surface area contributed by atoms with Crippen molar-refractivity contribution in [2.24, 2.45) is 0 Å². The van der Waals surface area contributed by atoms with Gasteiger partial charge in [0, 0.05) is 18.3 Å². The van der Waals surface area contributed by atoms with Gasteiger partial charge in [-0.1, -0.05) is 12.1 Å². The number of pyridine rings is 1. The van der Waals surface area contributed by atoms with Gasteiger partial charge in [-0.2, -0.15) is 11.3 Å². The van der Waals surface area contributed by atoms with Crippen LogP contribution in [0.25, 0.3) is 0 Å². The number of hydrogen-bond acceptors (Lipinski definition) is 5. The van der Waals surface area contributed by atoms with Crippen LogP contribution in [0.5, 0.6) is 11.5 Å². The Balaban J connectivity index is 1.83. The minimum Gasteiger partial charge on any atom is -0.496 e. The quantitative estimate of drug-likeness (QED) is 0.634. The molecule has 1 aromatic carbocycles. The summed E-state index contributed by atoms with van der Waals surface area (Å²) in [5.41, 5.74) is 4.52. The predicted octanol–water partition coefficient (Wildman–Crippen LogP) is 4.54. The van der Waals surface area contributed by atoms with Gasteiger partial charge < -0.3 is 14.8 Å². The number of benzene rings is 1. The molecule has 0 amide bonds. The lowest BCUT2D eigenvalue weighted by Gasteiger charge is -2.20. The van der Waals surface area contributed by atoms with Crippen molar-refractivity contribution in [3.63, 3.8) is 0 Å². The molecule has 3 rings (SSSR count). The smallest absolute Gasteiger partial charge is 0.127 e. The number of hydrogen-bond donors (Lipinski definition) is 1. The van der Waals surface area contributed by atoms with Crippen LogP contribution >= 0.6 is 11.3 Å². The third-order valence-corrected chi connectivity index (χ3v) is 5.10. The Kier molecular flexibility index (Phi) is 6.26. The average Bonchev–Trinajstić information content (AvgIpc) is 3.18. The SMILES string of the molecule is COc1cccc(OC)c1CN[C@@H](Cc1ccsc1)c1ccc(C)cn1. The highest BCUT2D eigenvalue weighted by atomic mass is 32.1. The van der Waals surface area contributed by atoms with Crippen LogP contribution in [0, 0.1) is 6.92 Å². The Morgan fingerprint density at radius 2 is 1.85 bits per heavy atom. The predicted molar refractivity (Wildman–Crippen MR) is 106 cm³/mol. The normalized spacial score (nSPS) is 12.0. The second-order valence-corrected chi connectivity index (χ2v) is 6.95. The summed E-state index contributed by atoms with van der Waals surface area (Å²) in [6, 6.07) is 12.3. The summed E-state index contributed by atoms with van der Waals surface area (Å²) in [5.74, 6) is 1.64. The lowest BCUT2D eigenvalue weighted by atomic mass is 10.0. The number of aryl methyl sites for hydroxylation is 1. The van der Waals surface area contributed by atoms with Crippen molar-refractivity contribution in [2.45, 2.75) is 25.9 Å². The third-order valence-electron chi connectivity index (χ3n) is 4.37. The van der Waals surface area contributed by atoms with Gasteiger partial charge in [-0.15, -0.1) is 0 Å². The molecule has 0 radical (unpaired) electrons. The largest absolute Gasteiger partial charge is 0.496 e. The van der Waals surface area contributed by atoms with Gasteiger partial charge in [0.15, 0.2) is 0 Å². The molecule has 0 aliphatic heterocycles. The number of ether oxygens (including phenoxy) is 2. The number of aromatic nitrogens is 1. The summed E-state index contributed by atoms with van der Waals surface area (Å²) in [4.78, 5) is 4.64. The molecule has 0 unspecified atom stereocenters. The molecule has 136 valence electrons. The summed E-state index contributed by atoms with van der Waals surface area (Å²) in [7, 11) is 3.37. The van der Waals surface area contributed by atoms with Gasteiger partial charge in [-0.05, 0) is 59.5 Å². The summed E-state index contributed by atoms with van der Waals surface area (Å²) in [6.45, 7) is 2.69. The number of rotatable bonds is 8. The van der Waals surface area contributed by atoms with E-state index in [2.05, 4.69) is 46.2 Å². The van der Waals surface area contributed by atoms with Crippen molar-refractivity contribution in [3.05, 3.63) is 75.7 Å². The van der Waals surface area contributed by atoms with E-state index in [1.54, 1.807) is 25.6 Å². The molecular weight excluding hydrogens is 344 g/mol. The molecule has 0 aliphatic carbocycles. The summed E-state index contributed by atoms with van der Waals surface area (Å²) >= 11 is 1.72. The van der Waals surface area contributed by atoms with Crippen LogP contribution in [-0.2, 0) is 13.0 Å². The zero-order chi connectivity index (χ0) is 18.4. The van der Waals surface area contributed by atoms with Crippen LogP contribution < -0.4 is 14.8 Å². The molecule has 1 atom stereocenters. The highest BCUT2D eigenvalue weighted by Crippen LogP contribution is 2.29. The fourth-order valence-electron chi connectivity index (χ4n) is 2.94. The Hall–Kier alpha value is -2.37. The molecule has 1 N–H and O–H groups in total. The minimum absolute atomic E-state index is 0.111. The summed E-state index contributed by atoms with van der Waals surface area (Å²) in [6.07, 6.45) is 2.80. The van der Waals surface area contributed by atoms with E-state index < -0.39 is 0 Å². The van der Waals surface area contributed by atoms with E-state index in [9.17, 15) is 0 Å². The maximum atomic E-state index is 5.51. The zero-order valence-corrected chi connectivity index (χ0v) is 16.2. The molecule has 0 spiro atoms. The van der Waals surface area contributed by atoms with Crippen LogP contribution in [-0.4, -0.2) is 19.2 Å². The first-order valence-electron chi connectivity index (χ1n) is 8.58. The Morgan fingerprint density at radius 1 is 1.08 bits per heavy atom. The van der Waals surface area contributed by atoms with Gasteiger partial charge in [0.1, 0.15) is 11.5 Å². The van der Waals surface area contributed by atoms with E-state index in [4.69, 9.17) is 9.47 Å². The highest BCUT2D eigenvalue weighted by Gasteiger charge is 2.17. The van der Waals surface area contributed by atoms with Crippen molar-refractivity contribution in [1.82, 2.24) is 10.3 Å². The molecule has 0 aliphatic rings. The minimum atomic E-state index is 0.111. The number of methoxy groups -OCH3 is 2. The number of thiophene rings is 1. The molecule has 26 heavy (non-hydrogen) atoms. The second kappa shape index (κ2) is 8.83. The van der Waals surface area contributed by atoms with E-state index in [1.165, 1.54) is 5.56 Å². The number of nitrogens with one attached hydrogen (secondary N) is 1. The van der Waals surface area contributed by atoms with E-state index in [-0.39, 0.29) is 6.04 Å². The summed E-state index contributed by atoms with van der Waals surface area (Å²) < 4.78 is 11.0. The van der Waals surface area contributed by atoms with E-state index in [0.717, 1.165) is 34.7 Å². The Labute approximate surface area is 158 Å². The van der Waals surface area contributed by atoms with Gasteiger partial charge >= 0.3 is 0 Å². The van der Waals surface area contributed by atoms with Crippen LogP contribution in [0.3, 0.4) is 0 Å². The molecule has 2 heterocycles. The van der Waals surface area contributed by atoms with E-state index >= 15 is 0 Å². The van der Waals surface area contributed by atoms with Gasteiger partial charge in [0.25, 0.3) is 0 Å². The van der Waals surface area contributed by atoms with Crippen LogP contribution in [0.4, 0.5) is 0 Å². The third kappa shape index (κ3) is 4.42. The monoisotopic (exact) mass is 368 g/mol. The molecule has 0 fully saturated rings. The van der Waals surface area contributed by atoms with Crippen molar-refractivity contribution < 1.29 is 9.47 Å². The van der Waals surface area contributed by atoms with Gasteiger partial charge in [0.05, 0.1) is 26.0 Å². The number of nitrogens with zero attached hydrogens (tertiary/aromatic N) is 1. The molecule has 0 bridgehead atoms. The Morgan fingerprint density at radius 3 is 2.42 bits per heavy atom. The molecule has 4 nitrogen and oxygen atoms in total. The molecule has 5 heteroatoms. The molecule has 2 aromatic heterocycles. The first-order valence-corrected chi connectivity index (χ1v) is 9.52. The maximum absolute atomic E-state index is 5.51. The van der Waals surface area contributed by atoms with Crippen molar-refractivity contribution in [1.29, 1.82) is 0 Å². The standard InChI is InChI=1S/C21H24N2O2S/c1-15-7-8-18(22-12-15)19(11-16-9-10-26-14-16)23-13-17-20(24-2)5-4-6-21(17)25-3/h4-10,12,14,19,23H,11,13H2,1-3H3/t19-/m0/s1. The topological polar surface area (TPSA) is 43.4 Å². The van der Waals surface area contributed by atoms with Gasteiger partial charge in [0.2, 0.25) is 0 Å².